The summed E-state index contributed by atoms with van der Waals surface area (Å²) < 4.78 is 28.3. The van der Waals surface area contributed by atoms with Gasteiger partial charge in [0.1, 0.15) is 12.1 Å². The number of aldehydes is 1. The van der Waals surface area contributed by atoms with Crippen LogP contribution in [0.3, 0.4) is 0 Å². The highest BCUT2D eigenvalue weighted by molar-refractivity contribution is 5.72. The first-order valence-electron chi connectivity index (χ1n) is 15.2. The van der Waals surface area contributed by atoms with Crippen molar-refractivity contribution in [3.63, 3.8) is 0 Å². The zero-order valence-electron chi connectivity index (χ0n) is 25.6. The Morgan fingerprint density at radius 3 is 2.40 bits per heavy atom. The first kappa shape index (κ1) is 32.4. The average molecular weight is 588 g/mol. The number of likely N-dealkylation sites (tertiary alicyclic amines) is 1. The van der Waals surface area contributed by atoms with Gasteiger partial charge in [0.05, 0.1) is 12.2 Å². The van der Waals surface area contributed by atoms with Crippen molar-refractivity contribution in [1.29, 1.82) is 0 Å². The molecule has 0 N–H and O–H groups in total. The van der Waals surface area contributed by atoms with E-state index < -0.39 is 5.92 Å². The fourth-order valence-corrected chi connectivity index (χ4v) is 6.36. The lowest BCUT2D eigenvalue weighted by atomic mass is 9.80. The number of rotatable bonds is 10. The Morgan fingerprint density at radius 1 is 1.02 bits per heavy atom. The molecule has 0 aliphatic carbocycles. The van der Waals surface area contributed by atoms with E-state index in [1.54, 1.807) is 12.1 Å². The summed E-state index contributed by atoms with van der Waals surface area (Å²) in [5.41, 5.74) is 7.30. The van der Waals surface area contributed by atoms with Gasteiger partial charge in [-0.2, -0.15) is 0 Å². The molecular weight excluding hydrogens is 540 g/mol. The lowest BCUT2D eigenvalue weighted by Gasteiger charge is -2.33. The molecule has 2 atom stereocenters. The molecule has 230 valence electrons. The standard InChI is InChI=1S/C36H43F2N3O.CH4/c1-7-26-12-13-28(35(4,5)16-19-42)22-32(26)30-14-15-34(40-17-9-18-40)39-33(30)23-41-24(2)20-31(25(41)3)27-10-8-11-29(21-27)36(6,37)38;/h8,10-15,19,21-22,25,31H,2,7,9,16-18,20,23H2,1,3-6H3;1H4. The van der Waals surface area contributed by atoms with Crippen LogP contribution >= 0.6 is 0 Å². The lowest BCUT2D eigenvalue weighted by Crippen LogP contribution is -2.38. The molecule has 5 rings (SSSR count). The molecule has 0 amide bonds. The highest BCUT2D eigenvalue weighted by Gasteiger charge is 2.36. The summed E-state index contributed by atoms with van der Waals surface area (Å²) in [6.45, 7) is 16.5. The molecule has 0 bridgehead atoms. The van der Waals surface area contributed by atoms with E-state index in [-0.39, 0.29) is 30.4 Å². The van der Waals surface area contributed by atoms with Gasteiger partial charge in [0, 0.05) is 55.2 Å². The number of allylic oxidation sites excluding steroid dienone is 1. The van der Waals surface area contributed by atoms with Gasteiger partial charge in [-0.25, -0.2) is 13.8 Å². The van der Waals surface area contributed by atoms with E-state index in [2.05, 4.69) is 74.4 Å². The Balaban J connectivity index is 0.00000423. The molecule has 2 aliphatic rings. The predicted octanol–water partition coefficient (Wildman–Crippen LogP) is 9.03. The number of nitrogens with zero attached hydrogens (tertiary/aromatic N) is 3. The van der Waals surface area contributed by atoms with Crippen LogP contribution in [0.25, 0.3) is 11.1 Å². The SMILES string of the molecule is C.C=C1CC(c2cccc(C(C)(F)F)c2)C(C)N1Cc1nc(N2CCC2)ccc1-c1cc(C(C)(C)CC=O)ccc1CC. The molecule has 2 aliphatic heterocycles. The zero-order valence-corrected chi connectivity index (χ0v) is 25.6. The minimum Gasteiger partial charge on any atom is -0.366 e. The van der Waals surface area contributed by atoms with Gasteiger partial charge >= 0.3 is 0 Å². The third-order valence-corrected chi connectivity index (χ3v) is 9.37. The largest absolute Gasteiger partial charge is 0.366 e. The van der Waals surface area contributed by atoms with Crippen LogP contribution in [0.4, 0.5) is 14.6 Å². The number of pyridine rings is 1. The van der Waals surface area contributed by atoms with Crippen molar-refractivity contribution < 1.29 is 13.6 Å². The second-order valence-electron chi connectivity index (χ2n) is 12.7. The van der Waals surface area contributed by atoms with E-state index in [1.807, 2.05) is 6.07 Å². The van der Waals surface area contributed by atoms with E-state index >= 15 is 0 Å². The Morgan fingerprint density at radius 2 is 1.77 bits per heavy atom. The minimum atomic E-state index is -2.88. The number of aromatic nitrogens is 1. The van der Waals surface area contributed by atoms with Crippen LogP contribution in [0.5, 0.6) is 0 Å². The summed E-state index contributed by atoms with van der Waals surface area (Å²) in [5, 5.41) is 0. The fourth-order valence-electron chi connectivity index (χ4n) is 6.36. The number of halogens is 2. The summed E-state index contributed by atoms with van der Waals surface area (Å²) >= 11 is 0. The molecule has 3 aromatic rings. The van der Waals surface area contributed by atoms with E-state index in [1.165, 1.54) is 18.1 Å². The van der Waals surface area contributed by atoms with E-state index in [0.29, 0.717) is 13.0 Å². The minimum absolute atomic E-state index is 0. The summed E-state index contributed by atoms with van der Waals surface area (Å²) in [6.07, 6.45) is 4.22. The maximum absolute atomic E-state index is 14.2. The van der Waals surface area contributed by atoms with Gasteiger partial charge in [0.2, 0.25) is 0 Å². The number of hydrogen-bond donors (Lipinski definition) is 0. The summed E-state index contributed by atoms with van der Waals surface area (Å²) in [7, 11) is 0. The third kappa shape index (κ3) is 6.53. The lowest BCUT2D eigenvalue weighted by molar-refractivity contribution is -0.108. The average Bonchev–Trinajstić information content (AvgIpc) is 3.20. The first-order valence-corrected chi connectivity index (χ1v) is 15.2. The van der Waals surface area contributed by atoms with Crippen molar-refractivity contribution in [2.75, 3.05) is 18.0 Å². The maximum atomic E-state index is 14.2. The van der Waals surface area contributed by atoms with Crippen molar-refractivity contribution in [2.45, 2.75) is 97.6 Å². The van der Waals surface area contributed by atoms with Gasteiger partial charge in [-0.1, -0.05) is 71.2 Å². The van der Waals surface area contributed by atoms with Crippen LogP contribution in [-0.4, -0.2) is 35.3 Å². The van der Waals surface area contributed by atoms with Crippen molar-refractivity contribution in [1.82, 2.24) is 9.88 Å². The maximum Gasteiger partial charge on any atom is 0.270 e. The summed E-state index contributed by atoms with van der Waals surface area (Å²) in [4.78, 5) is 21.3. The number of carbonyl (C=O) groups excluding carboxylic acids is 1. The van der Waals surface area contributed by atoms with E-state index in [0.717, 1.165) is 78.6 Å². The van der Waals surface area contributed by atoms with Gasteiger partial charge in [0.15, 0.2) is 0 Å². The van der Waals surface area contributed by atoms with Crippen molar-refractivity contribution >= 4 is 12.1 Å². The molecule has 4 nitrogen and oxygen atoms in total. The second kappa shape index (κ2) is 12.6. The highest BCUT2D eigenvalue weighted by Crippen LogP contribution is 2.42. The molecular formula is C37H47F2N3O. The third-order valence-electron chi connectivity index (χ3n) is 9.37. The Hall–Kier alpha value is -3.54. The molecule has 43 heavy (non-hydrogen) atoms. The van der Waals surface area contributed by atoms with Gasteiger partial charge in [-0.05, 0) is 72.1 Å². The topological polar surface area (TPSA) is 36.4 Å². The van der Waals surface area contributed by atoms with Gasteiger partial charge in [0.25, 0.3) is 5.92 Å². The number of alkyl halides is 2. The molecule has 2 unspecified atom stereocenters. The number of hydrogen-bond acceptors (Lipinski definition) is 4. The quantitative estimate of drug-likeness (QED) is 0.222. The number of carbonyl (C=O) groups is 1. The van der Waals surface area contributed by atoms with Crippen LogP contribution < -0.4 is 4.90 Å². The molecule has 6 heteroatoms. The fraction of sp³-hybridized carbons (Fsp3) is 0.459. The molecule has 3 heterocycles. The van der Waals surface area contributed by atoms with Crippen LogP contribution in [0.15, 0.2) is 66.9 Å². The number of anilines is 1. The van der Waals surface area contributed by atoms with E-state index in [4.69, 9.17) is 4.98 Å². The van der Waals surface area contributed by atoms with Crippen LogP contribution in [-0.2, 0) is 29.1 Å². The smallest absolute Gasteiger partial charge is 0.270 e. The molecule has 0 saturated carbocycles. The van der Waals surface area contributed by atoms with Crippen LogP contribution in [0, 0.1) is 0 Å². The predicted molar refractivity (Wildman–Crippen MR) is 174 cm³/mol. The van der Waals surface area contributed by atoms with E-state index in [9.17, 15) is 13.6 Å². The normalized spacial score (nSPS) is 18.8. The Bertz CT molecular complexity index is 1470. The summed E-state index contributed by atoms with van der Waals surface area (Å²) in [6, 6.07) is 17.8. The van der Waals surface area contributed by atoms with Gasteiger partial charge in [-0.15, -0.1) is 0 Å². The Kier molecular flexibility index (Phi) is 9.48. The molecule has 0 radical (unpaired) electrons. The van der Waals surface area contributed by atoms with Gasteiger partial charge in [-0.3, -0.25) is 0 Å². The number of benzene rings is 2. The van der Waals surface area contributed by atoms with Crippen molar-refractivity contribution in [2.24, 2.45) is 0 Å². The first-order chi connectivity index (χ1) is 19.9. The molecule has 2 fully saturated rings. The molecule has 2 saturated heterocycles. The molecule has 0 spiro atoms. The monoisotopic (exact) mass is 587 g/mol. The molecule has 1 aromatic heterocycles. The second-order valence-corrected chi connectivity index (χ2v) is 12.7. The molecule has 2 aromatic carbocycles. The van der Waals surface area contributed by atoms with Crippen LogP contribution in [0.1, 0.15) is 95.2 Å². The zero-order chi connectivity index (χ0) is 30.2. The van der Waals surface area contributed by atoms with Crippen molar-refractivity contribution in [3.05, 3.63) is 94.8 Å². The van der Waals surface area contributed by atoms with Gasteiger partial charge < -0.3 is 14.6 Å². The Labute approximate surface area is 256 Å². The summed E-state index contributed by atoms with van der Waals surface area (Å²) in [5.74, 6) is -1.82. The highest BCUT2D eigenvalue weighted by atomic mass is 19.3. The van der Waals surface area contributed by atoms with Crippen LogP contribution in [0.2, 0.25) is 0 Å². The number of aryl methyl sites for hydroxylation is 1. The van der Waals surface area contributed by atoms with Crippen molar-refractivity contribution in [3.8, 4) is 11.1 Å².